The fraction of sp³-hybridized carbons (Fsp3) is 0.273. The molecule has 1 aliphatic rings. The number of nitrogens with zero attached hydrogens (tertiary/aromatic N) is 2. The summed E-state index contributed by atoms with van der Waals surface area (Å²) in [5, 5.41) is 12.2. The lowest BCUT2D eigenvalue weighted by Gasteiger charge is -2.28. The number of hydrogen-bond donors (Lipinski definition) is 2. The van der Waals surface area contributed by atoms with Crippen molar-refractivity contribution in [3.8, 4) is 0 Å². The van der Waals surface area contributed by atoms with Crippen molar-refractivity contribution in [3.05, 3.63) is 33.1 Å². The molecule has 3 rings (SSSR count). The van der Waals surface area contributed by atoms with Gasteiger partial charge in [0.2, 0.25) is 0 Å². The third kappa shape index (κ3) is 2.09. The Bertz CT molecular complexity index is 575. The first-order valence-electron chi connectivity index (χ1n) is 5.54. The summed E-state index contributed by atoms with van der Waals surface area (Å²) in [6.45, 7) is 1.79. The second-order valence-corrected chi connectivity index (χ2v) is 5.80. The Kier molecular flexibility index (Phi) is 3.19. The molecule has 1 aliphatic heterocycles. The predicted octanol–water partition coefficient (Wildman–Crippen LogP) is 2.10. The van der Waals surface area contributed by atoms with E-state index < -0.39 is 0 Å². The summed E-state index contributed by atoms with van der Waals surface area (Å²) >= 11 is 4.77. The summed E-state index contributed by atoms with van der Waals surface area (Å²) in [5.74, 6) is 0.637. The molecule has 0 saturated carbocycles. The number of carbonyl (C=O) groups excluding carboxylic acids is 1. The van der Waals surface area contributed by atoms with Gasteiger partial charge in [0.05, 0.1) is 12.2 Å². The summed E-state index contributed by atoms with van der Waals surface area (Å²) < 4.78 is 2.68. The van der Waals surface area contributed by atoms with Crippen LogP contribution < -0.4 is 10.6 Å². The molecule has 0 bridgehead atoms. The third-order valence-electron chi connectivity index (χ3n) is 2.84. The molecule has 0 aliphatic carbocycles. The summed E-state index contributed by atoms with van der Waals surface area (Å²) in [6.07, 6.45) is 1.71. The van der Waals surface area contributed by atoms with Gasteiger partial charge in [-0.15, -0.1) is 11.3 Å². The average molecular weight is 327 g/mol. The molecule has 2 aromatic rings. The number of anilines is 1. The maximum Gasteiger partial charge on any atom is 0.268 e. The van der Waals surface area contributed by atoms with Crippen LogP contribution in [0.4, 0.5) is 5.82 Å². The van der Waals surface area contributed by atoms with Crippen LogP contribution in [-0.2, 0) is 0 Å². The molecule has 1 amide bonds. The molecular formula is C11H11BrN4OS. The van der Waals surface area contributed by atoms with Crippen LogP contribution in [0.5, 0.6) is 0 Å². The second kappa shape index (κ2) is 4.83. The first-order chi connectivity index (χ1) is 8.75. The Balaban J connectivity index is 1.78. The topological polar surface area (TPSA) is 59.0 Å². The van der Waals surface area contributed by atoms with E-state index >= 15 is 0 Å². The minimum atomic E-state index is -0.106. The van der Waals surface area contributed by atoms with E-state index in [1.54, 1.807) is 6.20 Å². The van der Waals surface area contributed by atoms with Crippen molar-refractivity contribution in [3.63, 3.8) is 0 Å². The normalized spacial score (nSPS) is 15.4. The first kappa shape index (κ1) is 11.9. The Hall–Kier alpha value is -1.18. The summed E-state index contributed by atoms with van der Waals surface area (Å²) in [4.78, 5) is 12.8. The van der Waals surface area contributed by atoms with Gasteiger partial charge in [0.1, 0.15) is 10.7 Å². The minimum Gasteiger partial charge on any atom is -0.312 e. The number of amides is 1. The summed E-state index contributed by atoms with van der Waals surface area (Å²) in [6, 6.07) is 4.02. The van der Waals surface area contributed by atoms with E-state index in [-0.39, 0.29) is 5.91 Å². The Labute approximate surface area is 116 Å². The highest BCUT2D eigenvalue weighted by Crippen LogP contribution is 2.24. The van der Waals surface area contributed by atoms with Crippen molar-refractivity contribution in [2.45, 2.75) is 6.04 Å². The Morgan fingerprint density at radius 2 is 2.39 bits per heavy atom. The van der Waals surface area contributed by atoms with Gasteiger partial charge in [0.15, 0.2) is 0 Å². The molecule has 2 N–H and O–H groups in total. The van der Waals surface area contributed by atoms with Gasteiger partial charge in [0, 0.05) is 23.6 Å². The van der Waals surface area contributed by atoms with Crippen molar-refractivity contribution < 1.29 is 4.79 Å². The number of thiophene rings is 1. The van der Waals surface area contributed by atoms with Crippen molar-refractivity contribution in [2.75, 3.05) is 18.4 Å². The standard InChI is InChI=1S/C11H11BrN4OS/c12-8-2-4-18-10(8)11(17)15-9-1-3-14-16(9)7-5-13-6-7/h1-4,7,13H,5-6H2,(H,15,17). The van der Waals surface area contributed by atoms with E-state index in [2.05, 4.69) is 31.7 Å². The minimum absolute atomic E-state index is 0.106. The number of carbonyl (C=O) groups is 1. The Morgan fingerprint density at radius 3 is 3.00 bits per heavy atom. The lowest BCUT2D eigenvalue weighted by atomic mass is 10.2. The molecule has 0 aromatic carbocycles. The predicted molar refractivity (Wildman–Crippen MR) is 74.1 cm³/mol. The van der Waals surface area contributed by atoms with Gasteiger partial charge < -0.3 is 10.6 Å². The summed E-state index contributed by atoms with van der Waals surface area (Å²) in [7, 11) is 0. The van der Waals surface area contributed by atoms with Gasteiger partial charge in [-0.25, -0.2) is 4.68 Å². The second-order valence-electron chi connectivity index (χ2n) is 4.02. The molecule has 1 fully saturated rings. The molecule has 0 radical (unpaired) electrons. The number of halogens is 1. The molecule has 1 saturated heterocycles. The van der Waals surface area contributed by atoms with E-state index in [9.17, 15) is 4.79 Å². The van der Waals surface area contributed by atoms with Crippen LogP contribution in [-0.4, -0.2) is 28.8 Å². The zero-order valence-electron chi connectivity index (χ0n) is 9.39. The zero-order valence-corrected chi connectivity index (χ0v) is 11.8. The zero-order chi connectivity index (χ0) is 12.5. The highest BCUT2D eigenvalue weighted by Gasteiger charge is 2.22. The fourth-order valence-corrected chi connectivity index (χ4v) is 3.23. The smallest absolute Gasteiger partial charge is 0.268 e. The average Bonchev–Trinajstić information content (AvgIpc) is 2.86. The highest BCUT2D eigenvalue weighted by molar-refractivity contribution is 9.10. The Morgan fingerprint density at radius 1 is 1.56 bits per heavy atom. The van der Waals surface area contributed by atoms with Crippen LogP contribution in [0.1, 0.15) is 15.7 Å². The van der Waals surface area contributed by atoms with Crippen molar-refractivity contribution in [1.29, 1.82) is 0 Å². The van der Waals surface area contributed by atoms with Crippen molar-refractivity contribution in [2.24, 2.45) is 0 Å². The van der Waals surface area contributed by atoms with E-state index in [0.29, 0.717) is 10.9 Å². The van der Waals surface area contributed by atoms with Crippen LogP contribution in [0.15, 0.2) is 28.2 Å². The molecule has 5 nitrogen and oxygen atoms in total. The van der Waals surface area contributed by atoms with Gasteiger partial charge in [-0.1, -0.05) is 0 Å². The van der Waals surface area contributed by atoms with Gasteiger partial charge in [-0.2, -0.15) is 5.10 Å². The molecular weight excluding hydrogens is 316 g/mol. The molecule has 3 heterocycles. The fourth-order valence-electron chi connectivity index (χ4n) is 1.78. The number of nitrogens with one attached hydrogen (secondary N) is 2. The van der Waals surface area contributed by atoms with Gasteiger partial charge >= 0.3 is 0 Å². The van der Waals surface area contributed by atoms with E-state index in [0.717, 1.165) is 23.4 Å². The molecule has 7 heteroatoms. The lowest BCUT2D eigenvalue weighted by Crippen LogP contribution is -2.44. The SMILES string of the molecule is O=C(Nc1ccnn1C1CNC1)c1sccc1Br. The quantitative estimate of drug-likeness (QED) is 0.908. The number of rotatable bonds is 3. The number of hydrogen-bond acceptors (Lipinski definition) is 4. The van der Waals surface area contributed by atoms with E-state index in [1.165, 1.54) is 11.3 Å². The largest absolute Gasteiger partial charge is 0.312 e. The molecule has 0 unspecified atom stereocenters. The van der Waals surface area contributed by atoms with E-state index in [4.69, 9.17) is 0 Å². The van der Waals surface area contributed by atoms with Gasteiger partial charge in [0.25, 0.3) is 5.91 Å². The van der Waals surface area contributed by atoms with E-state index in [1.807, 2.05) is 22.2 Å². The number of aromatic nitrogens is 2. The third-order valence-corrected chi connectivity index (χ3v) is 4.68. The lowest BCUT2D eigenvalue weighted by molar-refractivity contribution is 0.102. The maximum absolute atomic E-state index is 12.1. The monoisotopic (exact) mass is 326 g/mol. The first-order valence-corrected chi connectivity index (χ1v) is 7.21. The molecule has 2 aromatic heterocycles. The maximum atomic E-state index is 12.1. The van der Waals surface area contributed by atoms with Gasteiger partial charge in [-0.3, -0.25) is 4.79 Å². The molecule has 0 atom stereocenters. The van der Waals surface area contributed by atoms with Gasteiger partial charge in [-0.05, 0) is 27.4 Å². The van der Waals surface area contributed by atoms with Crippen LogP contribution in [0.2, 0.25) is 0 Å². The van der Waals surface area contributed by atoms with Crippen LogP contribution in [0.3, 0.4) is 0 Å². The summed E-state index contributed by atoms with van der Waals surface area (Å²) in [5.41, 5.74) is 0. The van der Waals surface area contributed by atoms with Crippen molar-refractivity contribution >= 4 is 39.0 Å². The van der Waals surface area contributed by atoms with Crippen LogP contribution in [0, 0.1) is 0 Å². The molecule has 18 heavy (non-hydrogen) atoms. The molecule has 0 spiro atoms. The van der Waals surface area contributed by atoms with Crippen LogP contribution in [0.25, 0.3) is 0 Å². The van der Waals surface area contributed by atoms with Crippen molar-refractivity contribution in [1.82, 2.24) is 15.1 Å². The molecule has 94 valence electrons. The van der Waals surface area contributed by atoms with Crippen LogP contribution >= 0.6 is 27.3 Å². The highest BCUT2D eigenvalue weighted by atomic mass is 79.9.